The zero-order valence-electron chi connectivity index (χ0n) is 11.0. The smallest absolute Gasteiger partial charge is 0.226 e. The van der Waals surface area contributed by atoms with Gasteiger partial charge < -0.3 is 10.6 Å². The molecular weight excluding hydrogens is 319 g/mol. The third kappa shape index (κ3) is 3.38. The van der Waals surface area contributed by atoms with Crippen molar-refractivity contribution in [2.45, 2.75) is 26.3 Å². The van der Waals surface area contributed by atoms with Crippen LogP contribution in [0.4, 0.5) is 5.69 Å². The molecule has 0 radical (unpaired) electrons. The van der Waals surface area contributed by atoms with Gasteiger partial charge in [0.25, 0.3) is 0 Å². The minimum atomic E-state index is -0.128. The van der Waals surface area contributed by atoms with Gasteiger partial charge in [0.2, 0.25) is 5.91 Å². The van der Waals surface area contributed by atoms with E-state index >= 15 is 0 Å². The number of amides is 1. The molecule has 0 saturated carbocycles. The summed E-state index contributed by atoms with van der Waals surface area (Å²) in [5.41, 5.74) is 1.54. The van der Waals surface area contributed by atoms with Crippen LogP contribution in [0, 0.1) is 0 Å². The van der Waals surface area contributed by atoms with Gasteiger partial charge in [0.15, 0.2) is 0 Å². The number of fused-ring (bicyclic) bond motifs is 1. The summed E-state index contributed by atoms with van der Waals surface area (Å²) < 4.78 is 8.23. The molecule has 2 aromatic rings. The largest absolute Gasteiger partial charge is 0.323 e. The molecule has 1 aromatic carbocycles. The minimum absolute atomic E-state index is 0.0927. The van der Waals surface area contributed by atoms with Crippen LogP contribution in [-0.2, 0) is 4.79 Å². The van der Waals surface area contributed by atoms with E-state index in [2.05, 4.69) is 19.4 Å². The molecule has 20 heavy (non-hydrogen) atoms. The Bertz CT molecular complexity index is 631. The van der Waals surface area contributed by atoms with Crippen molar-refractivity contribution in [2.24, 2.45) is 0 Å². The molecule has 0 saturated heterocycles. The number of benzene rings is 1. The zero-order valence-corrected chi connectivity index (χ0v) is 13.4. The lowest BCUT2D eigenvalue weighted by molar-refractivity contribution is -0.116. The zero-order chi connectivity index (χ0) is 14.7. The normalized spacial score (nSPS) is 12.6. The highest BCUT2D eigenvalue weighted by atomic mass is 35.5. The summed E-state index contributed by atoms with van der Waals surface area (Å²) in [4.78, 5) is 12.0. The Kier molecular flexibility index (Phi) is 5.15. The van der Waals surface area contributed by atoms with E-state index in [1.165, 1.54) is 0 Å². The molecule has 2 N–H and O–H groups in total. The number of hydrogen-bond donors (Lipinski definition) is 2. The first-order valence-electron chi connectivity index (χ1n) is 6.16. The molecule has 0 aliphatic carbocycles. The van der Waals surface area contributed by atoms with Crippen LogP contribution in [-0.4, -0.2) is 27.2 Å². The number of rotatable bonds is 5. The molecule has 1 aromatic heterocycles. The van der Waals surface area contributed by atoms with E-state index in [0.717, 1.165) is 18.3 Å². The maximum absolute atomic E-state index is 12.0. The number of aromatic nitrogens is 2. The second-order valence-electron chi connectivity index (χ2n) is 4.39. The van der Waals surface area contributed by atoms with Crippen molar-refractivity contribution in [3.8, 4) is 0 Å². The Hall–Kier alpha value is -0.950. The minimum Gasteiger partial charge on any atom is -0.323 e. The van der Waals surface area contributed by atoms with Crippen molar-refractivity contribution >= 4 is 57.6 Å². The monoisotopic (exact) mass is 332 g/mol. The summed E-state index contributed by atoms with van der Waals surface area (Å²) in [7, 11) is 0. The lowest BCUT2D eigenvalue weighted by Crippen LogP contribution is -2.30. The van der Waals surface area contributed by atoms with E-state index in [4.69, 9.17) is 23.2 Å². The first-order chi connectivity index (χ1) is 9.52. The number of nitrogens with zero attached hydrogens (tertiary/aromatic N) is 2. The number of nitrogens with one attached hydrogen (secondary N) is 2. The summed E-state index contributed by atoms with van der Waals surface area (Å²) in [6, 6.07) is 1.66. The van der Waals surface area contributed by atoms with E-state index in [9.17, 15) is 4.79 Å². The number of halogens is 2. The highest BCUT2D eigenvalue weighted by Crippen LogP contribution is 2.35. The van der Waals surface area contributed by atoms with Gasteiger partial charge >= 0.3 is 0 Å². The molecular formula is C12H14Cl2N4OS. The maximum atomic E-state index is 12.0. The number of hydrogen-bond acceptors (Lipinski definition) is 5. The van der Waals surface area contributed by atoms with Crippen molar-refractivity contribution < 1.29 is 4.79 Å². The first-order valence-corrected chi connectivity index (χ1v) is 7.65. The highest BCUT2D eigenvalue weighted by Gasteiger charge is 2.17. The average Bonchev–Trinajstić information content (AvgIpc) is 2.84. The lowest BCUT2D eigenvalue weighted by atomic mass is 10.2. The van der Waals surface area contributed by atoms with Crippen LogP contribution in [0.25, 0.3) is 11.0 Å². The summed E-state index contributed by atoms with van der Waals surface area (Å²) in [5, 5.41) is 6.76. The van der Waals surface area contributed by atoms with E-state index in [1.807, 2.05) is 13.8 Å². The molecule has 0 bridgehead atoms. The molecule has 1 heterocycles. The number of carbonyl (C=O) groups is 1. The standard InChI is InChI=1S/C12H14Cl2N4OS/c1-3-15-6(2)4-9(19)16-10-7(13)5-8(14)11-12(10)18-20-17-11/h5-6,15H,3-4H2,1-2H3,(H,16,19). The van der Waals surface area contributed by atoms with E-state index < -0.39 is 0 Å². The van der Waals surface area contributed by atoms with Crippen LogP contribution < -0.4 is 10.6 Å². The van der Waals surface area contributed by atoms with Gasteiger partial charge in [0, 0.05) is 12.5 Å². The Labute approximate surface area is 131 Å². The highest BCUT2D eigenvalue weighted by molar-refractivity contribution is 7.00. The van der Waals surface area contributed by atoms with Crippen molar-refractivity contribution in [3.63, 3.8) is 0 Å². The summed E-state index contributed by atoms with van der Waals surface area (Å²) in [6.45, 7) is 4.76. The Morgan fingerprint density at radius 2 is 2.05 bits per heavy atom. The molecule has 108 valence electrons. The van der Waals surface area contributed by atoms with Crippen LogP contribution in [0.15, 0.2) is 6.07 Å². The van der Waals surface area contributed by atoms with Crippen molar-refractivity contribution in [3.05, 3.63) is 16.1 Å². The van der Waals surface area contributed by atoms with Gasteiger partial charge in [0.1, 0.15) is 11.0 Å². The predicted octanol–water partition coefficient (Wildman–Crippen LogP) is 3.32. The topological polar surface area (TPSA) is 66.9 Å². The van der Waals surface area contributed by atoms with Crippen LogP contribution >= 0.6 is 34.9 Å². The van der Waals surface area contributed by atoms with Crippen molar-refractivity contribution in [1.82, 2.24) is 14.1 Å². The van der Waals surface area contributed by atoms with Gasteiger partial charge in [-0.15, -0.1) is 0 Å². The van der Waals surface area contributed by atoms with Gasteiger partial charge in [-0.05, 0) is 19.5 Å². The summed E-state index contributed by atoms with van der Waals surface area (Å²) in [6.07, 6.45) is 0.353. The van der Waals surface area contributed by atoms with Crippen LogP contribution in [0.3, 0.4) is 0 Å². The molecule has 0 spiro atoms. The van der Waals surface area contributed by atoms with Crippen LogP contribution in [0.5, 0.6) is 0 Å². The van der Waals surface area contributed by atoms with Gasteiger partial charge in [-0.2, -0.15) is 8.75 Å². The molecule has 1 unspecified atom stereocenters. The lowest BCUT2D eigenvalue weighted by Gasteiger charge is -2.13. The molecule has 8 heteroatoms. The second-order valence-corrected chi connectivity index (χ2v) is 5.73. The number of carbonyl (C=O) groups excluding carboxylic acids is 1. The van der Waals surface area contributed by atoms with Crippen LogP contribution in [0.1, 0.15) is 20.3 Å². The molecule has 1 amide bonds. The Balaban J connectivity index is 2.21. The molecule has 0 aliphatic rings. The quantitative estimate of drug-likeness (QED) is 0.881. The third-order valence-electron chi connectivity index (χ3n) is 2.75. The first kappa shape index (κ1) is 15.4. The third-order valence-corrected chi connectivity index (χ3v) is 3.87. The van der Waals surface area contributed by atoms with Gasteiger partial charge in [-0.25, -0.2) is 0 Å². The van der Waals surface area contributed by atoms with Crippen LogP contribution in [0.2, 0.25) is 10.0 Å². The average molecular weight is 333 g/mol. The van der Waals surface area contributed by atoms with Gasteiger partial charge in [-0.1, -0.05) is 30.1 Å². The van der Waals surface area contributed by atoms with E-state index in [0.29, 0.717) is 33.2 Å². The fourth-order valence-electron chi connectivity index (χ4n) is 1.88. The summed E-state index contributed by atoms with van der Waals surface area (Å²) >= 11 is 13.2. The molecule has 0 aliphatic heterocycles. The van der Waals surface area contributed by atoms with Gasteiger partial charge in [-0.3, -0.25) is 4.79 Å². The molecule has 1 atom stereocenters. The maximum Gasteiger partial charge on any atom is 0.226 e. The molecule has 5 nitrogen and oxygen atoms in total. The Morgan fingerprint density at radius 1 is 1.35 bits per heavy atom. The van der Waals surface area contributed by atoms with Crippen molar-refractivity contribution in [1.29, 1.82) is 0 Å². The number of anilines is 1. The second kappa shape index (κ2) is 6.67. The predicted molar refractivity (Wildman–Crippen MR) is 83.8 cm³/mol. The summed E-state index contributed by atoms with van der Waals surface area (Å²) in [5.74, 6) is -0.128. The van der Waals surface area contributed by atoms with Crippen molar-refractivity contribution in [2.75, 3.05) is 11.9 Å². The fraction of sp³-hybridized carbons (Fsp3) is 0.417. The SMILES string of the molecule is CCNC(C)CC(=O)Nc1c(Cl)cc(Cl)c2nsnc12. The van der Waals surface area contributed by atoms with E-state index in [1.54, 1.807) is 6.07 Å². The fourth-order valence-corrected chi connectivity index (χ4v) is 3.04. The van der Waals surface area contributed by atoms with E-state index in [-0.39, 0.29) is 11.9 Å². The molecule has 0 fully saturated rings. The Morgan fingerprint density at radius 3 is 2.75 bits per heavy atom. The molecule has 2 rings (SSSR count). The van der Waals surface area contributed by atoms with Gasteiger partial charge in [0.05, 0.1) is 27.5 Å².